The average Bonchev–Trinajstić information content (AvgIpc) is 2.54. The second-order valence-corrected chi connectivity index (χ2v) is 5.00. The normalized spacial score (nSPS) is 11.0. The molecule has 0 saturated heterocycles. The van der Waals surface area contributed by atoms with Crippen LogP contribution in [-0.4, -0.2) is 16.5 Å². The summed E-state index contributed by atoms with van der Waals surface area (Å²) < 4.78 is 39.9. The molecule has 0 bridgehead atoms. The van der Waals surface area contributed by atoms with Crippen molar-refractivity contribution in [3.05, 3.63) is 45.7 Å². The van der Waals surface area contributed by atoms with Gasteiger partial charge in [0.15, 0.2) is 0 Å². The molecule has 0 spiro atoms. The quantitative estimate of drug-likeness (QED) is 0.638. The maximum absolute atomic E-state index is 13.0. The number of carbonyl (C=O) groups excluding carboxylic acids is 1. The minimum atomic E-state index is -5.17. The van der Waals surface area contributed by atoms with Gasteiger partial charge in [0.25, 0.3) is 11.3 Å². The smallest absolute Gasteiger partial charge is 0.296 e. The highest BCUT2D eigenvalue weighted by Crippen LogP contribution is 2.27. The summed E-state index contributed by atoms with van der Waals surface area (Å²) in [6, 6.07) is 6.34. The Morgan fingerprint density at radius 3 is 2.42 bits per heavy atom. The zero-order valence-electron chi connectivity index (χ0n) is 12.5. The SMILES string of the molecule is C#CCCc1c(C(=O)C(F)(F)F)c(=O)n(CC#C)c2ccccc12. The number of aromatic nitrogens is 1. The summed E-state index contributed by atoms with van der Waals surface area (Å²) in [6.45, 7) is -0.243. The highest BCUT2D eigenvalue weighted by Gasteiger charge is 2.42. The molecule has 122 valence electrons. The van der Waals surface area contributed by atoms with Gasteiger partial charge >= 0.3 is 6.18 Å². The molecule has 1 aromatic carbocycles. The van der Waals surface area contributed by atoms with E-state index in [0.717, 1.165) is 4.57 Å². The van der Waals surface area contributed by atoms with Gasteiger partial charge in [0, 0.05) is 11.8 Å². The van der Waals surface area contributed by atoms with Crippen molar-refractivity contribution in [2.24, 2.45) is 0 Å². The molecule has 0 saturated carbocycles. The molecule has 0 aliphatic heterocycles. The molecule has 2 aromatic rings. The Balaban J connectivity index is 2.95. The highest BCUT2D eigenvalue weighted by atomic mass is 19.4. The van der Waals surface area contributed by atoms with E-state index in [4.69, 9.17) is 12.8 Å². The molecule has 6 heteroatoms. The summed E-state index contributed by atoms with van der Waals surface area (Å²) in [7, 11) is 0. The van der Waals surface area contributed by atoms with Crippen molar-refractivity contribution >= 4 is 16.7 Å². The maximum Gasteiger partial charge on any atom is 0.455 e. The second kappa shape index (κ2) is 6.64. The zero-order valence-corrected chi connectivity index (χ0v) is 12.5. The number of aryl methyl sites for hydroxylation is 1. The number of halogens is 3. The standard InChI is InChI=1S/C18H12F3NO2/c1-3-5-8-13-12-9-6-7-10-14(12)22(11-4-2)17(24)15(13)16(23)18(19,20)21/h1-2,6-7,9-10H,5,8,11H2. The third-order valence-electron chi connectivity index (χ3n) is 3.53. The summed E-state index contributed by atoms with van der Waals surface area (Å²) in [5.74, 6) is 2.35. The minimum Gasteiger partial charge on any atom is -0.296 e. The van der Waals surface area contributed by atoms with Crippen molar-refractivity contribution in [3.8, 4) is 24.7 Å². The summed E-state index contributed by atoms with van der Waals surface area (Å²) >= 11 is 0. The van der Waals surface area contributed by atoms with Crippen LogP contribution in [0.4, 0.5) is 13.2 Å². The number of rotatable bonds is 4. The Labute approximate surface area is 136 Å². The van der Waals surface area contributed by atoms with Crippen LogP contribution < -0.4 is 5.56 Å². The first-order valence-corrected chi connectivity index (χ1v) is 6.95. The summed E-state index contributed by atoms with van der Waals surface area (Å²) in [4.78, 5) is 24.4. The Bertz CT molecular complexity index is 940. The van der Waals surface area contributed by atoms with Gasteiger partial charge in [-0.15, -0.1) is 18.8 Å². The predicted molar refractivity (Wildman–Crippen MR) is 84.6 cm³/mol. The molecule has 0 atom stereocenters. The number of terminal acetylenes is 2. The van der Waals surface area contributed by atoms with Crippen LogP contribution in [0.3, 0.4) is 0 Å². The van der Waals surface area contributed by atoms with Crippen LogP contribution in [0.1, 0.15) is 22.3 Å². The number of pyridine rings is 1. The highest BCUT2D eigenvalue weighted by molar-refractivity contribution is 6.04. The van der Waals surface area contributed by atoms with E-state index < -0.39 is 23.1 Å². The fourth-order valence-electron chi connectivity index (χ4n) is 2.55. The van der Waals surface area contributed by atoms with E-state index in [-0.39, 0.29) is 24.9 Å². The number of fused-ring (bicyclic) bond motifs is 1. The Morgan fingerprint density at radius 1 is 1.17 bits per heavy atom. The lowest BCUT2D eigenvalue weighted by molar-refractivity contribution is -0.0886. The van der Waals surface area contributed by atoms with Crippen LogP contribution in [-0.2, 0) is 13.0 Å². The van der Waals surface area contributed by atoms with Gasteiger partial charge in [-0.25, -0.2) is 0 Å². The van der Waals surface area contributed by atoms with Gasteiger partial charge in [-0.3, -0.25) is 14.2 Å². The van der Waals surface area contributed by atoms with Gasteiger partial charge in [0.05, 0.1) is 17.6 Å². The fourth-order valence-corrected chi connectivity index (χ4v) is 2.55. The molecule has 1 heterocycles. The van der Waals surface area contributed by atoms with E-state index in [1.807, 2.05) is 0 Å². The summed E-state index contributed by atoms with van der Waals surface area (Å²) in [5, 5.41) is 0.357. The van der Waals surface area contributed by atoms with Crippen molar-refractivity contribution < 1.29 is 18.0 Å². The first-order chi connectivity index (χ1) is 11.3. The molecule has 1 aromatic heterocycles. The molecule has 0 radical (unpaired) electrons. The molecule has 0 amide bonds. The molecule has 3 nitrogen and oxygen atoms in total. The lowest BCUT2D eigenvalue weighted by atomic mass is 9.96. The lowest BCUT2D eigenvalue weighted by Crippen LogP contribution is -2.35. The van der Waals surface area contributed by atoms with Crippen molar-refractivity contribution in [3.63, 3.8) is 0 Å². The van der Waals surface area contributed by atoms with Gasteiger partial charge in [-0.1, -0.05) is 24.1 Å². The third-order valence-corrected chi connectivity index (χ3v) is 3.53. The largest absolute Gasteiger partial charge is 0.455 e. The van der Waals surface area contributed by atoms with Gasteiger partial charge in [0.1, 0.15) is 0 Å². The topological polar surface area (TPSA) is 39.1 Å². The maximum atomic E-state index is 13.0. The molecule has 2 rings (SSSR count). The van der Waals surface area contributed by atoms with Crippen LogP contribution in [0.25, 0.3) is 10.9 Å². The first-order valence-electron chi connectivity index (χ1n) is 6.95. The average molecular weight is 331 g/mol. The number of ketones is 1. The van der Waals surface area contributed by atoms with Crippen LogP contribution in [0.15, 0.2) is 29.1 Å². The molecule has 0 unspecified atom stereocenters. The van der Waals surface area contributed by atoms with Crippen molar-refractivity contribution in [1.82, 2.24) is 4.57 Å². The molecular weight excluding hydrogens is 319 g/mol. The van der Waals surface area contributed by atoms with E-state index in [1.54, 1.807) is 24.3 Å². The number of para-hydroxylation sites is 1. The van der Waals surface area contributed by atoms with Crippen molar-refractivity contribution in [2.75, 3.05) is 0 Å². The van der Waals surface area contributed by atoms with Crippen LogP contribution in [0.2, 0.25) is 0 Å². The number of Topliss-reactive ketones (excluding diaryl/α,β-unsaturated/α-hetero) is 1. The second-order valence-electron chi connectivity index (χ2n) is 5.00. The third kappa shape index (κ3) is 3.04. The first kappa shape index (κ1) is 17.4. The number of benzene rings is 1. The Kier molecular flexibility index (Phi) is 4.80. The molecular formula is C18H12F3NO2. The van der Waals surface area contributed by atoms with E-state index in [1.165, 1.54) is 0 Å². The predicted octanol–water partition coefficient (Wildman–Crippen LogP) is 2.95. The number of alkyl halides is 3. The molecule has 0 fully saturated rings. The van der Waals surface area contributed by atoms with Crippen LogP contribution >= 0.6 is 0 Å². The fraction of sp³-hybridized carbons (Fsp3) is 0.222. The number of hydrogen-bond donors (Lipinski definition) is 0. The molecule has 0 N–H and O–H groups in total. The lowest BCUT2D eigenvalue weighted by Gasteiger charge is -2.16. The van der Waals surface area contributed by atoms with Gasteiger partial charge < -0.3 is 0 Å². The van der Waals surface area contributed by atoms with E-state index in [0.29, 0.717) is 10.9 Å². The van der Waals surface area contributed by atoms with Crippen LogP contribution in [0.5, 0.6) is 0 Å². The van der Waals surface area contributed by atoms with Crippen molar-refractivity contribution in [1.29, 1.82) is 0 Å². The van der Waals surface area contributed by atoms with Gasteiger partial charge in [-0.05, 0) is 18.1 Å². The number of carbonyl (C=O) groups is 1. The van der Waals surface area contributed by atoms with Gasteiger partial charge in [0.2, 0.25) is 0 Å². The monoisotopic (exact) mass is 331 g/mol. The molecule has 0 aliphatic rings. The summed E-state index contributed by atoms with van der Waals surface area (Å²) in [5.41, 5.74) is -1.59. The summed E-state index contributed by atoms with van der Waals surface area (Å²) in [6.07, 6.45) is 5.31. The van der Waals surface area contributed by atoms with E-state index >= 15 is 0 Å². The van der Waals surface area contributed by atoms with Gasteiger partial charge in [-0.2, -0.15) is 13.2 Å². The zero-order chi connectivity index (χ0) is 17.9. The Hall–Kier alpha value is -2.99. The van der Waals surface area contributed by atoms with E-state index in [9.17, 15) is 22.8 Å². The van der Waals surface area contributed by atoms with E-state index in [2.05, 4.69) is 11.8 Å². The molecule has 24 heavy (non-hydrogen) atoms. The minimum absolute atomic E-state index is 0.00384. The molecule has 0 aliphatic carbocycles. The number of hydrogen-bond acceptors (Lipinski definition) is 2. The number of nitrogens with zero attached hydrogens (tertiary/aromatic N) is 1. The van der Waals surface area contributed by atoms with Crippen LogP contribution in [0, 0.1) is 24.7 Å². The van der Waals surface area contributed by atoms with Crippen molar-refractivity contribution in [2.45, 2.75) is 25.6 Å². The Morgan fingerprint density at radius 2 is 1.83 bits per heavy atom.